The van der Waals surface area contributed by atoms with Crippen molar-refractivity contribution in [1.82, 2.24) is 0 Å². The summed E-state index contributed by atoms with van der Waals surface area (Å²) in [7, 11) is -3.47. The molecular weight excluding hydrogens is 310 g/mol. The second-order valence-electron chi connectivity index (χ2n) is 4.41. The summed E-state index contributed by atoms with van der Waals surface area (Å²) in [4.78, 5) is 0.127. The Labute approximate surface area is 129 Å². The Hall–Kier alpha value is -1.56. The summed E-state index contributed by atoms with van der Waals surface area (Å²) in [6.45, 7) is 0.387. The van der Waals surface area contributed by atoms with Crippen LogP contribution in [0.5, 0.6) is 5.75 Å². The van der Waals surface area contributed by atoms with Gasteiger partial charge in [-0.25, -0.2) is 8.42 Å². The fraction of sp³-hybridized carbons (Fsp3) is 0.200. The number of hydrogen-bond acceptors (Lipinski definition) is 4. The summed E-state index contributed by atoms with van der Waals surface area (Å²) in [5.74, 6) is 0.463. The van der Waals surface area contributed by atoms with Crippen LogP contribution in [0.15, 0.2) is 53.4 Å². The monoisotopic (exact) mass is 325 g/mol. The molecule has 0 heterocycles. The van der Waals surface area contributed by atoms with Gasteiger partial charge in [-0.3, -0.25) is 0 Å². The zero-order valence-corrected chi connectivity index (χ0v) is 12.9. The Bertz CT molecular complexity index is 716. The molecule has 0 atom stereocenters. The lowest BCUT2D eigenvalue weighted by atomic mass is 10.2. The Kier molecular flexibility index (Phi) is 5.22. The van der Waals surface area contributed by atoms with E-state index in [1.54, 1.807) is 24.3 Å². The maximum atomic E-state index is 12.2. The molecule has 0 spiro atoms. The van der Waals surface area contributed by atoms with Crippen molar-refractivity contribution in [3.63, 3.8) is 0 Å². The molecule has 0 aromatic heterocycles. The van der Waals surface area contributed by atoms with Crippen molar-refractivity contribution in [2.45, 2.75) is 11.4 Å². The Morgan fingerprint density at radius 3 is 2.43 bits per heavy atom. The zero-order valence-electron chi connectivity index (χ0n) is 11.3. The quantitative estimate of drug-likeness (QED) is 0.886. The molecule has 2 aromatic rings. The first-order valence-corrected chi connectivity index (χ1v) is 8.45. The molecule has 0 aliphatic heterocycles. The first kappa shape index (κ1) is 15.8. The third kappa shape index (κ3) is 3.97. The van der Waals surface area contributed by atoms with Crippen LogP contribution in [-0.2, 0) is 16.4 Å². The number of ether oxygens (including phenoxy) is 1. The van der Waals surface area contributed by atoms with E-state index in [9.17, 15) is 8.42 Å². The lowest BCUT2D eigenvalue weighted by molar-refractivity contribution is 0.337. The van der Waals surface area contributed by atoms with E-state index >= 15 is 0 Å². The largest absolute Gasteiger partial charge is 0.492 e. The smallest absolute Gasteiger partial charge is 0.183 e. The van der Waals surface area contributed by atoms with E-state index in [2.05, 4.69) is 0 Å². The molecule has 0 fully saturated rings. The van der Waals surface area contributed by atoms with Crippen LogP contribution in [-0.4, -0.2) is 20.8 Å². The predicted octanol–water partition coefficient (Wildman–Crippen LogP) is 2.65. The SMILES string of the molecule is NCc1ccccc1OCCS(=O)(=O)c1ccccc1Cl. The molecule has 6 heteroatoms. The van der Waals surface area contributed by atoms with Crippen molar-refractivity contribution in [2.75, 3.05) is 12.4 Å². The minimum Gasteiger partial charge on any atom is -0.492 e. The topological polar surface area (TPSA) is 69.4 Å². The van der Waals surface area contributed by atoms with Crippen LogP contribution >= 0.6 is 11.6 Å². The van der Waals surface area contributed by atoms with Gasteiger partial charge in [0.15, 0.2) is 9.84 Å². The fourth-order valence-electron chi connectivity index (χ4n) is 1.88. The molecule has 0 saturated carbocycles. The van der Waals surface area contributed by atoms with Crippen molar-refractivity contribution in [3.05, 3.63) is 59.1 Å². The molecule has 0 aliphatic rings. The number of rotatable bonds is 6. The number of benzene rings is 2. The molecule has 2 aromatic carbocycles. The lowest BCUT2D eigenvalue weighted by Crippen LogP contribution is -2.15. The third-order valence-corrected chi connectivity index (χ3v) is 5.15. The molecule has 0 bridgehead atoms. The molecule has 112 valence electrons. The van der Waals surface area contributed by atoms with E-state index in [-0.39, 0.29) is 22.3 Å². The van der Waals surface area contributed by atoms with Gasteiger partial charge in [0, 0.05) is 12.1 Å². The second kappa shape index (κ2) is 6.93. The van der Waals surface area contributed by atoms with Crippen LogP contribution in [0.2, 0.25) is 5.02 Å². The highest BCUT2D eigenvalue weighted by Gasteiger charge is 2.17. The van der Waals surface area contributed by atoms with E-state index in [4.69, 9.17) is 22.1 Å². The molecular formula is C15H16ClNO3S. The minimum absolute atomic E-state index is 0.0462. The molecule has 0 unspecified atom stereocenters. The van der Waals surface area contributed by atoms with Crippen LogP contribution in [0.3, 0.4) is 0 Å². The van der Waals surface area contributed by atoms with Gasteiger partial charge in [0.1, 0.15) is 12.4 Å². The molecule has 0 saturated heterocycles. The molecule has 2 rings (SSSR count). The van der Waals surface area contributed by atoms with Gasteiger partial charge in [0.2, 0.25) is 0 Å². The summed E-state index contributed by atoms with van der Waals surface area (Å²) >= 11 is 5.92. The zero-order chi connectivity index (χ0) is 15.3. The highest BCUT2D eigenvalue weighted by molar-refractivity contribution is 7.91. The van der Waals surface area contributed by atoms with Crippen LogP contribution in [0.1, 0.15) is 5.56 Å². The summed E-state index contributed by atoms with van der Waals surface area (Å²) in [6, 6.07) is 13.7. The average Bonchev–Trinajstić information content (AvgIpc) is 2.48. The third-order valence-electron chi connectivity index (χ3n) is 2.97. The molecule has 2 N–H and O–H groups in total. The number of halogens is 1. The Balaban J connectivity index is 2.05. The Morgan fingerprint density at radius 1 is 1.05 bits per heavy atom. The fourth-order valence-corrected chi connectivity index (χ4v) is 3.54. The maximum absolute atomic E-state index is 12.2. The first-order valence-electron chi connectivity index (χ1n) is 6.42. The summed E-state index contributed by atoms with van der Waals surface area (Å²) < 4.78 is 29.9. The highest BCUT2D eigenvalue weighted by atomic mass is 35.5. The van der Waals surface area contributed by atoms with Gasteiger partial charge in [-0.05, 0) is 18.2 Å². The number of para-hydroxylation sites is 1. The second-order valence-corrected chi connectivity index (χ2v) is 6.89. The summed E-state index contributed by atoms with van der Waals surface area (Å²) in [5, 5.41) is 0.222. The Morgan fingerprint density at radius 2 is 1.71 bits per heavy atom. The molecule has 0 amide bonds. The van der Waals surface area contributed by atoms with E-state index in [1.807, 2.05) is 18.2 Å². The van der Waals surface area contributed by atoms with E-state index in [1.165, 1.54) is 6.07 Å². The maximum Gasteiger partial charge on any atom is 0.183 e. The van der Waals surface area contributed by atoms with Crippen molar-refractivity contribution < 1.29 is 13.2 Å². The number of nitrogens with two attached hydrogens (primary N) is 1. The lowest BCUT2D eigenvalue weighted by Gasteiger charge is -2.11. The van der Waals surface area contributed by atoms with Crippen molar-refractivity contribution in [2.24, 2.45) is 5.73 Å². The molecule has 0 radical (unpaired) electrons. The van der Waals surface area contributed by atoms with Gasteiger partial charge in [-0.1, -0.05) is 41.9 Å². The first-order chi connectivity index (χ1) is 10.0. The van der Waals surface area contributed by atoms with E-state index in [0.717, 1.165) is 5.56 Å². The summed E-state index contributed by atoms with van der Waals surface area (Å²) in [5.41, 5.74) is 6.44. The van der Waals surface area contributed by atoms with Gasteiger partial charge >= 0.3 is 0 Å². The normalized spacial score (nSPS) is 11.3. The van der Waals surface area contributed by atoms with Gasteiger partial charge in [0.25, 0.3) is 0 Å². The van der Waals surface area contributed by atoms with Crippen molar-refractivity contribution in [3.8, 4) is 5.75 Å². The van der Waals surface area contributed by atoms with Gasteiger partial charge in [0.05, 0.1) is 15.7 Å². The van der Waals surface area contributed by atoms with Crippen LogP contribution in [0.4, 0.5) is 0 Å². The highest BCUT2D eigenvalue weighted by Crippen LogP contribution is 2.22. The number of sulfone groups is 1. The standard InChI is InChI=1S/C15H16ClNO3S/c16-13-6-2-4-8-15(13)21(18,19)10-9-20-14-7-3-1-5-12(14)11-17/h1-8H,9-11,17H2. The van der Waals surface area contributed by atoms with E-state index in [0.29, 0.717) is 12.3 Å². The summed E-state index contributed by atoms with van der Waals surface area (Å²) in [6.07, 6.45) is 0. The average molecular weight is 326 g/mol. The molecule has 21 heavy (non-hydrogen) atoms. The van der Waals surface area contributed by atoms with Gasteiger partial charge in [-0.15, -0.1) is 0 Å². The molecule has 0 aliphatic carbocycles. The van der Waals surface area contributed by atoms with Crippen LogP contribution in [0, 0.1) is 0 Å². The van der Waals surface area contributed by atoms with Crippen molar-refractivity contribution in [1.29, 1.82) is 0 Å². The van der Waals surface area contributed by atoms with Crippen molar-refractivity contribution >= 4 is 21.4 Å². The predicted molar refractivity (Wildman–Crippen MR) is 83.3 cm³/mol. The van der Waals surface area contributed by atoms with Gasteiger partial charge < -0.3 is 10.5 Å². The van der Waals surface area contributed by atoms with Crippen LogP contribution < -0.4 is 10.5 Å². The van der Waals surface area contributed by atoms with Gasteiger partial charge in [-0.2, -0.15) is 0 Å². The number of hydrogen-bond donors (Lipinski definition) is 1. The minimum atomic E-state index is -3.47. The molecule has 4 nitrogen and oxygen atoms in total. The van der Waals surface area contributed by atoms with Crippen LogP contribution in [0.25, 0.3) is 0 Å². The van der Waals surface area contributed by atoms with E-state index < -0.39 is 9.84 Å².